The maximum atomic E-state index is 12.7. The van der Waals surface area contributed by atoms with Gasteiger partial charge >= 0.3 is 0 Å². The first-order valence-corrected chi connectivity index (χ1v) is 8.78. The molecule has 1 fully saturated rings. The van der Waals surface area contributed by atoms with Gasteiger partial charge in [-0.2, -0.15) is 0 Å². The molecular formula is C20H24N2O4. The molecule has 3 rings (SSSR count). The fourth-order valence-electron chi connectivity index (χ4n) is 3.08. The monoisotopic (exact) mass is 356 g/mol. The van der Waals surface area contributed by atoms with Gasteiger partial charge in [0.05, 0.1) is 7.11 Å². The number of hydrogen-bond donors (Lipinski definition) is 1. The Balaban J connectivity index is 1.60. The molecule has 1 amide bonds. The van der Waals surface area contributed by atoms with Crippen molar-refractivity contribution in [3.8, 4) is 11.5 Å². The van der Waals surface area contributed by atoms with E-state index in [9.17, 15) is 9.59 Å². The van der Waals surface area contributed by atoms with Crippen LogP contribution in [0, 0.1) is 13.8 Å². The first-order valence-electron chi connectivity index (χ1n) is 8.78. The van der Waals surface area contributed by atoms with Crippen molar-refractivity contribution in [1.82, 2.24) is 9.88 Å². The lowest BCUT2D eigenvalue weighted by Gasteiger charge is -2.32. The molecular weight excluding hydrogens is 332 g/mol. The average molecular weight is 356 g/mol. The number of aryl methyl sites for hydroxylation is 2. The van der Waals surface area contributed by atoms with Crippen LogP contribution in [0.2, 0.25) is 0 Å². The third-order valence-corrected chi connectivity index (χ3v) is 4.82. The maximum Gasteiger partial charge on any atom is 0.261 e. The van der Waals surface area contributed by atoms with E-state index in [-0.39, 0.29) is 23.1 Å². The highest BCUT2D eigenvalue weighted by atomic mass is 16.5. The molecule has 0 bridgehead atoms. The van der Waals surface area contributed by atoms with Crippen LogP contribution in [0.25, 0.3) is 0 Å². The first kappa shape index (κ1) is 18.0. The van der Waals surface area contributed by atoms with Gasteiger partial charge < -0.3 is 19.4 Å². The Morgan fingerprint density at radius 1 is 1.12 bits per heavy atom. The summed E-state index contributed by atoms with van der Waals surface area (Å²) >= 11 is 0. The number of nitrogens with one attached hydrogen (secondary N) is 1. The van der Waals surface area contributed by atoms with Crippen molar-refractivity contribution < 1.29 is 14.3 Å². The van der Waals surface area contributed by atoms with Gasteiger partial charge in [0.25, 0.3) is 11.5 Å². The highest BCUT2D eigenvalue weighted by molar-refractivity contribution is 5.94. The molecule has 0 aliphatic carbocycles. The summed E-state index contributed by atoms with van der Waals surface area (Å²) in [6, 6.07) is 9.16. The van der Waals surface area contributed by atoms with Crippen molar-refractivity contribution in [2.75, 3.05) is 20.2 Å². The summed E-state index contributed by atoms with van der Waals surface area (Å²) in [4.78, 5) is 29.2. The summed E-state index contributed by atoms with van der Waals surface area (Å²) in [5.41, 5.74) is 1.58. The van der Waals surface area contributed by atoms with Gasteiger partial charge in [0.1, 0.15) is 23.2 Å². The number of pyridine rings is 1. The Hall–Kier alpha value is -2.76. The second-order valence-electron chi connectivity index (χ2n) is 6.61. The third-order valence-electron chi connectivity index (χ3n) is 4.82. The molecule has 1 aromatic carbocycles. The Morgan fingerprint density at radius 3 is 2.35 bits per heavy atom. The molecule has 1 aliphatic heterocycles. The number of nitrogens with zero attached hydrogens (tertiary/aromatic N) is 1. The Labute approximate surface area is 152 Å². The maximum absolute atomic E-state index is 12.7. The molecule has 0 spiro atoms. The number of likely N-dealkylation sites (tertiary alicyclic amines) is 1. The van der Waals surface area contributed by atoms with Gasteiger partial charge in [0.15, 0.2) is 0 Å². The minimum atomic E-state index is -0.324. The van der Waals surface area contributed by atoms with E-state index in [1.807, 2.05) is 38.1 Å². The number of H-pyrrole nitrogens is 1. The smallest absolute Gasteiger partial charge is 0.261 e. The van der Waals surface area contributed by atoms with Crippen LogP contribution in [0.15, 0.2) is 35.1 Å². The highest BCUT2D eigenvalue weighted by Crippen LogP contribution is 2.22. The largest absolute Gasteiger partial charge is 0.497 e. The number of carbonyl (C=O) groups is 1. The summed E-state index contributed by atoms with van der Waals surface area (Å²) in [5.74, 6) is 1.37. The van der Waals surface area contributed by atoms with Gasteiger partial charge in [-0.25, -0.2) is 0 Å². The molecule has 1 saturated heterocycles. The topological polar surface area (TPSA) is 71.6 Å². The fraction of sp³-hybridized carbons (Fsp3) is 0.400. The number of rotatable bonds is 4. The molecule has 2 heterocycles. The molecule has 1 aliphatic rings. The Kier molecular flexibility index (Phi) is 5.30. The molecule has 26 heavy (non-hydrogen) atoms. The lowest BCUT2D eigenvalue weighted by atomic mass is 10.1. The fourth-order valence-corrected chi connectivity index (χ4v) is 3.08. The molecule has 6 nitrogen and oxygen atoms in total. The number of aromatic amines is 1. The van der Waals surface area contributed by atoms with Crippen LogP contribution in [0.3, 0.4) is 0 Å². The second kappa shape index (κ2) is 7.64. The van der Waals surface area contributed by atoms with Crippen molar-refractivity contribution >= 4 is 5.91 Å². The van der Waals surface area contributed by atoms with Crippen LogP contribution in [0.5, 0.6) is 11.5 Å². The summed E-state index contributed by atoms with van der Waals surface area (Å²) < 4.78 is 11.1. The molecule has 6 heteroatoms. The van der Waals surface area contributed by atoms with E-state index in [2.05, 4.69) is 4.98 Å². The number of ether oxygens (including phenoxy) is 2. The molecule has 1 aromatic heterocycles. The zero-order valence-corrected chi connectivity index (χ0v) is 15.4. The van der Waals surface area contributed by atoms with Crippen molar-refractivity contribution in [3.63, 3.8) is 0 Å². The van der Waals surface area contributed by atoms with E-state index in [0.717, 1.165) is 35.6 Å². The van der Waals surface area contributed by atoms with Gasteiger partial charge in [0.2, 0.25) is 0 Å². The Bertz CT molecular complexity index is 834. The second-order valence-corrected chi connectivity index (χ2v) is 6.61. The number of hydrogen-bond acceptors (Lipinski definition) is 4. The van der Waals surface area contributed by atoms with Crippen molar-refractivity contribution in [1.29, 1.82) is 0 Å². The van der Waals surface area contributed by atoms with Gasteiger partial charge in [-0.3, -0.25) is 9.59 Å². The highest BCUT2D eigenvalue weighted by Gasteiger charge is 2.26. The van der Waals surface area contributed by atoms with E-state index in [4.69, 9.17) is 9.47 Å². The van der Waals surface area contributed by atoms with Crippen LogP contribution in [-0.4, -0.2) is 42.1 Å². The van der Waals surface area contributed by atoms with Gasteiger partial charge in [-0.1, -0.05) is 0 Å². The van der Waals surface area contributed by atoms with E-state index in [0.29, 0.717) is 13.1 Å². The number of carbonyl (C=O) groups excluding carboxylic acids is 1. The minimum Gasteiger partial charge on any atom is -0.497 e. The van der Waals surface area contributed by atoms with Crippen LogP contribution >= 0.6 is 0 Å². The standard InChI is InChI=1S/C20H24N2O4/c1-13-12-18(19(23)21-14(13)2)20(24)22-10-8-17(9-11-22)26-16-6-4-15(25-3)5-7-16/h4-7,12,17H,8-11H2,1-3H3,(H,21,23). The molecule has 1 N–H and O–H groups in total. The van der Waals surface area contributed by atoms with E-state index in [1.54, 1.807) is 18.1 Å². The van der Waals surface area contributed by atoms with E-state index >= 15 is 0 Å². The Morgan fingerprint density at radius 2 is 1.73 bits per heavy atom. The van der Waals surface area contributed by atoms with Crippen LogP contribution in [0.4, 0.5) is 0 Å². The van der Waals surface area contributed by atoms with E-state index < -0.39 is 0 Å². The SMILES string of the molecule is COc1ccc(OC2CCN(C(=O)c3cc(C)c(C)[nH]c3=O)CC2)cc1. The number of piperidine rings is 1. The summed E-state index contributed by atoms with van der Waals surface area (Å²) in [7, 11) is 1.63. The lowest BCUT2D eigenvalue weighted by Crippen LogP contribution is -2.43. The minimum absolute atomic E-state index is 0.0606. The van der Waals surface area contributed by atoms with Crippen molar-refractivity contribution in [2.24, 2.45) is 0 Å². The van der Waals surface area contributed by atoms with Crippen molar-refractivity contribution in [2.45, 2.75) is 32.8 Å². The zero-order chi connectivity index (χ0) is 18.7. The normalized spacial score (nSPS) is 15.0. The van der Waals surface area contributed by atoms with Gasteiger partial charge in [0, 0.05) is 31.6 Å². The van der Waals surface area contributed by atoms with Gasteiger partial charge in [-0.05, 0) is 49.7 Å². The lowest BCUT2D eigenvalue weighted by molar-refractivity contribution is 0.0593. The number of aromatic nitrogens is 1. The average Bonchev–Trinajstić information content (AvgIpc) is 2.65. The van der Waals surface area contributed by atoms with E-state index in [1.165, 1.54) is 0 Å². The summed E-state index contributed by atoms with van der Waals surface area (Å²) in [6.07, 6.45) is 1.53. The summed E-state index contributed by atoms with van der Waals surface area (Å²) in [6.45, 7) is 4.86. The first-order chi connectivity index (χ1) is 12.5. The number of methoxy groups -OCH3 is 1. The molecule has 0 unspecified atom stereocenters. The van der Waals surface area contributed by atoms with Crippen LogP contribution in [0.1, 0.15) is 34.5 Å². The molecule has 2 aromatic rings. The van der Waals surface area contributed by atoms with Crippen molar-refractivity contribution in [3.05, 3.63) is 57.5 Å². The predicted molar refractivity (Wildman–Crippen MR) is 99.1 cm³/mol. The number of amides is 1. The predicted octanol–water partition coefficient (Wildman–Crippen LogP) is 2.68. The summed E-state index contributed by atoms with van der Waals surface area (Å²) in [5, 5.41) is 0. The molecule has 0 radical (unpaired) electrons. The van der Waals surface area contributed by atoms with Crippen LogP contribution < -0.4 is 15.0 Å². The quantitative estimate of drug-likeness (QED) is 0.914. The van der Waals surface area contributed by atoms with Crippen LogP contribution in [-0.2, 0) is 0 Å². The molecule has 0 saturated carbocycles. The molecule has 0 atom stereocenters. The number of benzene rings is 1. The zero-order valence-electron chi connectivity index (χ0n) is 15.4. The van der Waals surface area contributed by atoms with Gasteiger partial charge in [-0.15, -0.1) is 0 Å². The molecule has 138 valence electrons. The third kappa shape index (κ3) is 3.90.